The second-order valence-corrected chi connectivity index (χ2v) is 5.55. The molecule has 2 aromatic carbocycles. The number of nitrogens with zero attached hydrogens (tertiary/aromatic N) is 1. The zero-order valence-electron chi connectivity index (χ0n) is 11.5. The summed E-state index contributed by atoms with van der Waals surface area (Å²) in [7, 11) is 0. The van der Waals surface area contributed by atoms with Crippen LogP contribution in [-0.2, 0) is 16.1 Å². The van der Waals surface area contributed by atoms with Crippen LogP contribution in [0.25, 0.3) is 0 Å². The Hall–Kier alpha value is -1.84. The zero-order chi connectivity index (χ0) is 14.7. The Morgan fingerprint density at radius 2 is 1.81 bits per heavy atom. The number of amides is 1. The predicted octanol–water partition coefficient (Wildman–Crippen LogP) is 3.44. The van der Waals surface area contributed by atoms with Crippen molar-refractivity contribution in [3.63, 3.8) is 0 Å². The lowest BCUT2D eigenvalue weighted by Crippen LogP contribution is -2.42. The van der Waals surface area contributed by atoms with Crippen molar-refractivity contribution in [2.24, 2.45) is 0 Å². The normalized spacial score (nSPS) is 18.8. The molecule has 3 rings (SSSR count). The van der Waals surface area contributed by atoms with Crippen molar-refractivity contribution >= 4 is 17.5 Å². The lowest BCUT2D eigenvalue weighted by molar-refractivity contribution is -0.150. The molecule has 0 aliphatic carbocycles. The van der Waals surface area contributed by atoms with Gasteiger partial charge in [-0.15, -0.1) is 0 Å². The number of ether oxygens (including phenoxy) is 1. The molecule has 0 spiro atoms. The second-order valence-electron chi connectivity index (χ2n) is 5.11. The van der Waals surface area contributed by atoms with E-state index in [1.165, 1.54) is 0 Å². The Labute approximate surface area is 129 Å². The second kappa shape index (κ2) is 6.29. The van der Waals surface area contributed by atoms with Crippen molar-refractivity contribution < 1.29 is 9.53 Å². The molecule has 0 N–H and O–H groups in total. The number of rotatable bonds is 3. The third-order valence-corrected chi connectivity index (χ3v) is 3.86. The Bertz CT molecular complexity index is 612. The van der Waals surface area contributed by atoms with Gasteiger partial charge in [-0.1, -0.05) is 54.1 Å². The van der Waals surface area contributed by atoms with E-state index in [-0.39, 0.29) is 18.6 Å². The molecule has 0 saturated carbocycles. The van der Waals surface area contributed by atoms with Crippen LogP contribution in [0.3, 0.4) is 0 Å². The molecule has 0 unspecified atom stereocenters. The molecule has 1 aliphatic heterocycles. The largest absolute Gasteiger partial charge is 0.362 e. The van der Waals surface area contributed by atoms with Gasteiger partial charge in [-0.2, -0.15) is 0 Å². The summed E-state index contributed by atoms with van der Waals surface area (Å²) in [5.74, 6) is 0.0315. The van der Waals surface area contributed by atoms with E-state index in [4.69, 9.17) is 16.3 Å². The lowest BCUT2D eigenvalue weighted by atomic mass is 10.1. The highest BCUT2D eigenvalue weighted by atomic mass is 35.5. The maximum atomic E-state index is 12.0. The maximum absolute atomic E-state index is 12.0. The van der Waals surface area contributed by atoms with Crippen LogP contribution in [0, 0.1) is 0 Å². The van der Waals surface area contributed by atoms with Gasteiger partial charge in [0.1, 0.15) is 12.7 Å². The molecular weight excluding hydrogens is 286 g/mol. The molecule has 1 atom stereocenters. The van der Waals surface area contributed by atoms with Gasteiger partial charge in [-0.25, -0.2) is 0 Å². The zero-order valence-corrected chi connectivity index (χ0v) is 12.3. The molecule has 1 fully saturated rings. The third-order valence-electron chi connectivity index (χ3n) is 3.60. The molecule has 1 heterocycles. The summed E-state index contributed by atoms with van der Waals surface area (Å²) in [6.07, 6.45) is -0.0938. The van der Waals surface area contributed by atoms with Crippen LogP contribution in [0.1, 0.15) is 17.2 Å². The van der Waals surface area contributed by atoms with E-state index in [2.05, 4.69) is 0 Å². The fraction of sp³-hybridized carbons (Fsp3) is 0.235. The molecule has 4 heteroatoms. The van der Waals surface area contributed by atoms with Gasteiger partial charge in [0.25, 0.3) is 0 Å². The summed E-state index contributed by atoms with van der Waals surface area (Å²) in [6.45, 7) is 1.31. The Kier molecular flexibility index (Phi) is 4.23. The number of hydrogen-bond donors (Lipinski definition) is 0. The average Bonchev–Trinajstić information content (AvgIpc) is 2.51. The van der Waals surface area contributed by atoms with Gasteiger partial charge >= 0.3 is 0 Å². The first-order valence-electron chi connectivity index (χ1n) is 6.91. The molecule has 0 aromatic heterocycles. The SMILES string of the molecule is O=C1CO[C@@H](c2ccc(Cl)cc2)CN1Cc1ccccc1. The van der Waals surface area contributed by atoms with E-state index in [1.54, 1.807) is 0 Å². The van der Waals surface area contributed by atoms with Gasteiger partial charge in [0.2, 0.25) is 5.91 Å². The first kappa shape index (κ1) is 14.1. The standard InChI is InChI=1S/C17H16ClNO2/c18-15-8-6-14(7-9-15)16-11-19(17(20)12-21-16)10-13-4-2-1-3-5-13/h1-9,16H,10-12H2/t16-/m1/s1. The van der Waals surface area contributed by atoms with Crippen LogP contribution in [-0.4, -0.2) is 24.0 Å². The molecular formula is C17H16ClNO2. The molecule has 2 aromatic rings. The number of benzene rings is 2. The maximum Gasteiger partial charge on any atom is 0.249 e. The smallest absolute Gasteiger partial charge is 0.249 e. The van der Waals surface area contributed by atoms with Gasteiger partial charge in [0, 0.05) is 11.6 Å². The monoisotopic (exact) mass is 301 g/mol. The van der Waals surface area contributed by atoms with Crippen LogP contribution in [0.2, 0.25) is 5.02 Å². The van der Waals surface area contributed by atoms with Crippen molar-refractivity contribution in [3.8, 4) is 0 Å². The molecule has 21 heavy (non-hydrogen) atoms. The highest BCUT2D eigenvalue weighted by molar-refractivity contribution is 6.30. The highest BCUT2D eigenvalue weighted by Gasteiger charge is 2.27. The van der Waals surface area contributed by atoms with Crippen molar-refractivity contribution in [1.82, 2.24) is 4.90 Å². The van der Waals surface area contributed by atoms with E-state index >= 15 is 0 Å². The molecule has 108 valence electrons. The van der Waals surface area contributed by atoms with Crippen LogP contribution in [0.15, 0.2) is 54.6 Å². The van der Waals surface area contributed by atoms with E-state index in [9.17, 15) is 4.79 Å². The fourth-order valence-electron chi connectivity index (χ4n) is 2.45. The quantitative estimate of drug-likeness (QED) is 0.869. The van der Waals surface area contributed by atoms with Crippen molar-refractivity contribution in [3.05, 3.63) is 70.7 Å². The van der Waals surface area contributed by atoms with E-state index in [1.807, 2.05) is 59.5 Å². The number of carbonyl (C=O) groups is 1. The third kappa shape index (κ3) is 3.43. The van der Waals surface area contributed by atoms with Gasteiger partial charge in [0.15, 0.2) is 0 Å². The minimum Gasteiger partial charge on any atom is -0.362 e. The summed E-state index contributed by atoms with van der Waals surface area (Å²) < 4.78 is 5.65. The van der Waals surface area contributed by atoms with Crippen LogP contribution >= 0.6 is 11.6 Å². The van der Waals surface area contributed by atoms with Crippen molar-refractivity contribution in [1.29, 1.82) is 0 Å². The number of halogens is 1. The van der Waals surface area contributed by atoms with Crippen LogP contribution < -0.4 is 0 Å². The first-order chi connectivity index (χ1) is 10.2. The molecule has 1 aliphatic rings. The van der Waals surface area contributed by atoms with Crippen LogP contribution in [0.4, 0.5) is 0 Å². The summed E-state index contributed by atoms with van der Waals surface area (Å²) >= 11 is 5.90. The van der Waals surface area contributed by atoms with Crippen LogP contribution in [0.5, 0.6) is 0 Å². The predicted molar refractivity (Wildman–Crippen MR) is 82.0 cm³/mol. The van der Waals surface area contributed by atoms with E-state index < -0.39 is 0 Å². The molecule has 1 amide bonds. The van der Waals surface area contributed by atoms with Crippen molar-refractivity contribution in [2.75, 3.05) is 13.2 Å². The van der Waals surface area contributed by atoms with E-state index in [0.717, 1.165) is 11.1 Å². The number of hydrogen-bond acceptors (Lipinski definition) is 2. The van der Waals surface area contributed by atoms with Gasteiger partial charge in [0.05, 0.1) is 6.54 Å². The Balaban J connectivity index is 1.72. The summed E-state index contributed by atoms with van der Waals surface area (Å²) in [4.78, 5) is 13.9. The summed E-state index contributed by atoms with van der Waals surface area (Å²) in [5.41, 5.74) is 2.17. The highest BCUT2D eigenvalue weighted by Crippen LogP contribution is 2.25. The molecule has 0 bridgehead atoms. The number of morpholine rings is 1. The summed E-state index contributed by atoms with van der Waals surface area (Å²) in [6, 6.07) is 17.6. The fourth-order valence-corrected chi connectivity index (χ4v) is 2.58. The van der Waals surface area contributed by atoms with E-state index in [0.29, 0.717) is 18.1 Å². The van der Waals surface area contributed by atoms with Gasteiger partial charge < -0.3 is 9.64 Å². The molecule has 0 radical (unpaired) electrons. The Morgan fingerprint density at radius 1 is 1.10 bits per heavy atom. The first-order valence-corrected chi connectivity index (χ1v) is 7.29. The minimum absolute atomic E-state index is 0.0315. The molecule has 1 saturated heterocycles. The van der Waals surface area contributed by atoms with Crippen molar-refractivity contribution in [2.45, 2.75) is 12.6 Å². The average molecular weight is 302 g/mol. The van der Waals surface area contributed by atoms with Gasteiger partial charge in [-0.3, -0.25) is 4.79 Å². The number of carbonyl (C=O) groups excluding carboxylic acids is 1. The Morgan fingerprint density at radius 3 is 2.52 bits per heavy atom. The lowest BCUT2D eigenvalue weighted by Gasteiger charge is -2.33. The topological polar surface area (TPSA) is 29.5 Å². The molecule has 3 nitrogen and oxygen atoms in total. The van der Waals surface area contributed by atoms with Gasteiger partial charge in [-0.05, 0) is 23.3 Å². The minimum atomic E-state index is -0.0938. The summed E-state index contributed by atoms with van der Waals surface area (Å²) in [5, 5.41) is 0.701.